The molecule has 488 valence electrons. The normalized spacial score (nSPS) is 23.4. The molecule has 2 fully saturated rings. The van der Waals surface area contributed by atoms with Gasteiger partial charge in [-0.1, -0.05) is 138 Å². The second-order valence-corrected chi connectivity index (χ2v) is 32.0. The molecule has 1 aromatic heterocycles. The molecule has 16 nitrogen and oxygen atoms in total. The molecule has 0 aromatic carbocycles. The maximum atomic E-state index is 15.7. The van der Waals surface area contributed by atoms with Gasteiger partial charge in [0.15, 0.2) is 0 Å². The van der Waals surface area contributed by atoms with Crippen LogP contribution in [0.25, 0.3) is 6.08 Å². The van der Waals surface area contributed by atoms with Crippen LogP contribution in [-0.4, -0.2) is 124 Å². The zero-order chi connectivity index (χ0) is 65.0. The van der Waals surface area contributed by atoms with E-state index in [-0.39, 0.29) is 116 Å². The number of esters is 3. The maximum Gasteiger partial charge on any atom is 0.342 e. The molecule has 4 rings (SSSR count). The summed E-state index contributed by atoms with van der Waals surface area (Å²) < 4.78 is 42.4. The molecule has 1 aromatic rings. The monoisotopic (exact) mass is 1220 g/mol. The fourth-order valence-corrected chi connectivity index (χ4v) is 13.2. The van der Waals surface area contributed by atoms with Gasteiger partial charge in [0.1, 0.15) is 41.6 Å². The molecule has 0 spiro atoms. The van der Waals surface area contributed by atoms with Gasteiger partial charge < -0.3 is 48.8 Å². The molecule has 0 radical (unpaired) electrons. The Morgan fingerprint density at radius 2 is 1.10 bits per heavy atom. The first-order valence-electron chi connectivity index (χ1n) is 31.7. The Kier molecular flexibility index (Phi) is 27.1. The molecule has 17 heteroatoms. The van der Waals surface area contributed by atoms with E-state index in [1.54, 1.807) is 28.1 Å². The zero-order valence-electron chi connectivity index (χ0n) is 57.3. The highest BCUT2D eigenvalue weighted by Gasteiger charge is 2.52. The molecule has 0 saturated heterocycles. The molecule has 2 aliphatic carbocycles. The lowest BCUT2D eigenvalue weighted by Gasteiger charge is -2.50. The van der Waals surface area contributed by atoms with Gasteiger partial charge in [-0.25, -0.2) is 19.4 Å². The van der Waals surface area contributed by atoms with Crippen LogP contribution < -0.4 is 10.6 Å². The SMILES string of the molecule is C=C(C)C(=O)OCCSC(C)C(=O)Nc1[nH]c(C=C2N=C(NC(=O)C(C)(C)C)C(C(=O)OC3C(C(C)(C)C)CC(COCCCOC)CC3C(C)(C)C)=C2C(C)C)c(C(C)C)c1C(=O)OC1C(C(C)(C)C)CC(COCCCOC)CC1C(C)(C)C. The highest BCUT2D eigenvalue weighted by atomic mass is 32.2. The number of nitrogens with zero attached hydrogens (tertiary/aromatic N) is 1. The van der Waals surface area contributed by atoms with Crippen LogP contribution in [-0.2, 0) is 52.3 Å². The van der Waals surface area contributed by atoms with Crippen molar-refractivity contribution in [2.24, 2.45) is 73.5 Å². The van der Waals surface area contributed by atoms with Crippen molar-refractivity contribution in [1.82, 2.24) is 10.3 Å². The van der Waals surface area contributed by atoms with E-state index in [2.05, 4.69) is 105 Å². The second kappa shape index (κ2) is 31.4. The highest BCUT2D eigenvalue weighted by molar-refractivity contribution is 8.00. The minimum Gasteiger partial charge on any atom is -0.461 e. The molecule has 2 saturated carbocycles. The Hall–Kier alpha value is -4.29. The minimum absolute atomic E-state index is 0.0294. The Morgan fingerprint density at radius 3 is 1.50 bits per heavy atom. The molecule has 0 bridgehead atoms. The largest absolute Gasteiger partial charge is 0.461 e. The maximum absolute atomic E-state index is 15.7. The lowest BCUT2D eigenvalue weighted by molar-refractivity contribution is -0.166. The smallest absolute Gasteiger partial charge is 0.342 e. The predicted octanol–water partition coefficient (Wildman–Crippen LogP) is 14.2. The minimum atomic E-state index is -0.854. The number of carbonyl (C=O) groups excluding carboxylic acids is 5. The lowest BCUT2D eigenvalue weighted by atomic mass is 9.58. The Morgan fingerprint density at radius 1 is 0.651 bits per heavy atom. The molecule has 5 unspecified atom stereocenters. The standard InChI is InChI=1S/C69H114N4O12S/c1-40(2)52-50(37-51-53(41(3)4)55(59(71-51)73-64(78)69(20,21)22)63(77)85-57-48(67(14,15)16)35-45(36-49(57)68(17,18)19)39-82-30-26-28-80-24)70-58(72-60(74)43(7)86-32-31-83-61(75)42(5)6)54(52)62(76)84-56-46(65(8,9)10)33-44(34-47(56)66(11,12)13)38-81-29-25-27-79-23/h37,40-41,43-49,56-57,70H,5,25-36,38-39H2,1-4,6-24H3,(H,72,74)(H,71,73,78). The summed E-state index contributed by atoms with van der Waals surface area (Å²) in [5.74, 6) is -2.09. The number of allylic oxidation sites excluding steroid dienone is 1. The van der Waals surface area contributed by atoms with Crippen molar-refractivity contribution in [1.29, 1.82) is 0 Å². The summed E-state index contributed by atoms with van der Waals surface area (Å²) in [6.07, 6.45) is 5.65. The number of amidine groups is 1. The number of aromatic nitrogens is 1. The third-order valence-corrected chi connectivity index (χ3v) is 18.5. The quantitative estimate of drug-likeness (QED) is 0.0342. The topological polar surface area (TPSA) is 202 Å². The van der Waals surface area contributed by atoms with Crippen molar-refractivity contribution in [3.05, 3.63) is 45.8 Å². The van der Waals surface area contributed by atoms with E-state index in [0.29, 0.717) is 67.9 Å². The van der Waals surface area contributed by atoms with Gasteiger partial charge in [-0.3, -0.25) is 9.59 Å². The summed E-state index contributed by atoms with van der Waals surface area (Å²) in [5, 5.41) is 5.51. The first kappa shape index (κ1) is 74.2. The first-order chi connectivity index (χ1) is 39.7. The number of methoxy groups -OCH3 is 2. The molecule has 3 aliphatic rings. The third-order valence-electron chi connectivity index (χ3n) is 17.3. The lowest BCUT2D eigenvalue weighted by Crippen LogP contribution is -2.51. The number of hydrogen-bond donors (Lipinski definition) is 3. The van der Waals surface area contributed by atoms with Gasteiger partial charge in [0.05, 0.1) is 10.9 Å². The van der Waals surface area contributed by atoms with Gasteiger partial charge in [-0.2, -0.15) is 0 Å². The van der Waals surface area contributed by atoms with Crippen molar-refractivity contribution >= 4 is 59.2 Å². The summed E-state index contributed by atoms with van der Waals surface area (Å²) in [6, 6.07) is 0. The molecule has 86 heavy (non-hydrogen) atoms. The third kappa shape index (κ3) is 20.6. The Labute approximate surface area is 522 Å². The molecule has 3 N–H and O–H groups in total. The van der Waals surface area contributed by atoms with E-state index in [1.165, 1.54) is 11.8 Å². The van der Waals surface area contributed by atoms with E-state index in [0.717, 1.165) is 38.5 Å². The van der Waals surface area contributed by atoms with Crippen molar-refractivity contribution in [2.75, 3.05) is 71.5 Å². The predicted molar refractivity (Wildman–Crippen MR) is 347 cm³/mol. The number of anilines is 1. The number of aromatic amines is 1. The van der Waals surface area contributed by atoms with Crippen molar-refractivity contribution < 1.29 is 57.1 Å². The molecular weight excluding hydrogens is 1110 g/mol. The number of aliphatic imine (C=N–C) groups is 1. The number of ether oxygens (including phenoxy) is 7. The summed E-state index contributed by atoms with van der Waals surface area (Å²) in [6.45, 7) is 50.6. The van der Waals surface area contributed by atoms with Gasteiger partial charge in [-0.15, -0.1) is 11.8 Å². The van der Waals surface area contributed by atoms with Gasteiger partial charge in [0.2, 0.25) is 11.8 Å². The highest BCUT2D eigenvalue weighted by Crippen LogP contribution is 2.52. The van der Waals surface area contributed by atoms with E-state index in [1.807, 2.05) is 54.5 Å². The van der Waals surface area contributed by atoms with Crippen molar-refractivity contribution in [2.45, 2.75) is 207 Å². The zero-order valence-corrected chi connectivity index (χ0v) is 58.1. The van der Waals surface area contributed by atoms with Crippen LogP contribution in [0.1, 0.15) is 211 Å². The fourth-order valence-electron chi connectivity index (χ4n) is 12.4. The van der Waals surface area contributed by atoms with Gasteiger partial charge in [0.25, 0.3) is 0 Å². The van der Waals surface area contributed by atoms with Crippen LogP contribution in [0.15, 0.2) is 34.0 Å². The average Bonchev–Trinajstić information content (AvgIpc) is 1.43. The molecule has 2 heterocycles. The summed E-state index contributed by atoms with van der Waals surface area (Å²) >= 11 is 1.30. The van der Waals surface area contributed by atoms with Gasteiger partial charge >= 0.3 is 17.9 Å². The van der Waals surface area contributed by atoms with E-state index in [9.17, 15) is 14.4 Å². The number of amides is 2. The van der Waals surface area contributed by atoms with Gasteiger partial charge in [-0.05, 0) is 115 Å². The van der Waals surface area contributed by atoms with Crippen LogP contribution in [0.5, 0.6) is 0 Å². The number of H-pyrrole nitrogens is 1. The van der Waals surface area contributed by atoms with Crippen LogP contribution >= 0.6 is 11.8 Å². The van der Waals surface area contributed by atoms with Gasteiger partial charge in [0, 0.05) is 100.0 Å². The summed E-state index contributed by atoms with van der Waals surface area (Å²) in [4.78, 5) is 80.6. The van der Waals surface area contributed by atoms with E-state index >= 15 is 9.59 Å². The molecule has 5 atom stereocenters. The first-order valence-corrected chi connectivity index (χ1v) is 32.7. The number of hydrogen-bond acceptors (Lipinski definition) is 14. The molecule has 2 amide bonds. The van der Waals surface area contributed by atoms with E-state index < -0.39 is 40.8 Å². The summed E-state index contributed by atoms with van der Waals surface area (Å²) in [5.41, 5.74) is 0.770. The second-order valence-electron chi connectivity index (χ2n) is 30.6. The fraction of sp³-hybridized carbons (Fsp3) is 0.768. The number of nitrogens with one attached hydrogen (secondary N) is 3. The van der Waals surface area contributed by atoms with Crippen LogP contribution in [0.2, 0.25) is 0 Å². The van der Waals surface area contributed by atoms with Crippen molar-refractivity contribution in [3.8, 4) is 0 Å². The number of thioether (sulfide) groups is 1. The van der Waals surface area contributed by atoms with Crippen LogP contribution in [0.4, 0.5) is 5.82 Å². The van der Waals surface area contributed by atoms with Crippen LogP contribution in [0, 0.1) is 68.5 Å². The number of carbonyl (C=O) groups is 5. The average molecular weight is 1220 g/mol. The van der Waals surface area contributed by atoms with Crippen molar-refractivity contribution in [3.63, 3.8) is 0 Å². The van der Waals surface area contributed by atoms with Crippen LogP contribution in [0.3, 0.4) is 0 Å². The van der Waals surface area contributed by atoms with E-state index in [4.69, 9.17) is 38.2 Å². The summed E-state index contributed by atoms with van der Waals surface area (Å²) in [7, 11) is 3.39. The molecular formula is C69H114N4O12S. The number of rotatable bonds is 26. The Balaban J connectivity index is 1.96. The molecule has 1 aliphatic heterocycles. The Bertz CT molecular complexity index is 2530.